The van der Waals surface area contributed by atoms with E-state index in [4.69, 9.17) is 18.9 Å². The molecule has 7 nitrogen and oxygen atoms in total. The first-order valence-electron chi connectivity index (χ1n) is 12.5. The van der Waals surface area contributed by atoms with Gasteiger partial charge in [-0.15, -0.1) is 0 Å². The molecule has 1 aliphatic rings. The molecule has 0 spiro atoms. The minimum atomic E-state index is -0.769. The maximum absolute atomic E-state index is 11.9. The molecular formula is C25H44O7. The highest BCUT2D eigenvalue weighted by Crippen LogP contribution is 2.31. The van der Waals surface area contributed by atoms with E-state index < -0.39 is 18.0 Å². The van der Waals surface area contributed by atoms with Crippen LogP contribution in [-0.2, 0) is 33.3 Å². The maximum atomic E-state index is 11.9. The SMILES string of the molecule is CCCCCCCCC1OC1CCCCCCCC(=O)OCC(COC(C)=O)OC(C)=O. The van der Waals surface area contributed by atoms with Crippen LogP contribution in [0.2, 0.25) is 0 Å². The molecule has 0 aromatic rings. The van der Waals surface area contributed by atoms with Crippen molar-refractivity contribution in [3.63, 3.8) is 0 Å². The molecule has 1 saturated heterocycles. The molecule has 3 unspecified atom stereocenters. The van der Waals surface area contributed by atoms with Gasteiger partial charge in [-0.3, -0.25) is 14.4 Å². The monoisotopic (exact) mass is 456 g/mol. The summed E-state index contributed by atoms with van der Waals surface area (Å²) in [5, 5.41) is 0. The van der Waals surface area contributed by atoms with Crippen LogP contribution in [0.3, 0.4) is 0 Å². The van der Waals surface area contributed by atoms with Gasteiger partial charge in [0, 0.05) is 20.3 Å². The van der Waals surface area contributed by atoms with Gasteiger partial charge in [-0.1, -0.05) is 71.1 Å². The van der Waals surface area contributed by atoms with Gasteiger partial charge in [-0.2, -0.15) is 0 Å². The third-order valence-corrected chi connectivity index (χ3v) is 5.63. The number of rotatable bonds is 20. The molecule has 0 radical (unpaired) electrons. The molecule has 0 aliphatic carbocycles. The van der Waals surface area contributed by atoms with E-state index in [0.717, 1.165) is 32.1 Å². The fourth-order valence-electron chi connectivity index (χ4n) is 3.78. The topological polar surface area (TPSA) is 91.4 Å². The Hall–Kier alpha value is -1.63. The molecule has 0 amide bonds. The van der Waals surface area contributed by atoms with E-state index >= 15 is 0 Å². The van der Waals surface area contributed by atoms with Crippen LogP contribution < -0.4 is 0 Å². The first-order valence-corrected chi connectivity index (χ1v) is 12.5. The van der Waals surface area contributed by atoms with Crippen molar-refractivity contribution in [2.45, 2.75) is 129 Å². The van der Waals surface area contributed by atoms with E-state index in [9.17, 15) is 14.4 Å². The zero-order chi connectivity index (χ0) is 23.6. The number of carbonyl (C=O) groups is 3. The standard InChI is InChI=1S/C25H44O7/c1-4-5-6-7-9-12-15-23-24(32-23)16-13-10-8-11-14-17-25(28)30-19-22(31-21(3)27)18-29-20(2)26/h22-24H,4-19H2,1-3H3. The predicted molar refractivity (Wildman–Crippen MR) is 122 cm³/mol. The van der Waals surface area contributed by atoms with Gasteiger partial charge < -0.3 is 18.9 Å². The average Bonchev–Trinajstić information content (AvgIpc) is 3.49. The molecule has 1 heterocycles. The molecule has 0 aromatic carbocycles. The predicted octanol–water partition coefficient (Wildman–Crippen LogP) is 5.27. The summed E-state index contributed by atoms with van der Waals surface area (Å²) in [6.45, 7) is 4.55. The fourth-order valence-corrected chi connectivity index (χ4v) is 3.78. The summed E-state index contributed by atoms with van der Waals surface area (Å²) in [6, 6.07) is 0. The van der Waals surface area contributed by atoms with Crippen LogP contribution in [0.4, 0.5) is 0 Å². The minimum Gasteiger partial charge on any atom is -0.462 e. The largest absolute Gasteiger partial charge is 0.462 e. The molecule has 1 fully saturated rings. The minimum absolute atomic E-state index is 0.104. The van der Waals surface area contributed by atoms with Crippen LogP contribution in [0.15, 0.2) is 0 Å². The molecule has 32 heavy (non-hydrogen) atoms. The Labute approximate surface area is 193 Å². The quantitative estimate of drug-likeness (QED) is 0.107. The Morgan fingerprint density at radius 3 is 1.81 bits per heavy atom. The van der Waals surface area contributed by atoms with Gasteiger partial charge in [-0.05, 0) is 19.3 Å². The average molecular weight is 457 g/mol. The lowest BCUT2D eigenvalue weighted by atomic mass is 10.0. The summed E-state index contributed by atoms with van der Waals surface area (Å²) in [5.74, 6) is -1.31. The number of esters is 3. The van der Waals surface area contributed by atoms with Crippen molar-refractivity contribution in [2.75, 3.05) is 13.2 Å². The van der Waals surface area contributed by atoms with Crippen LogP contribution in [0.1, 0.15) is 111 Å². The lowest BCUT2D eigenvalue weighted by molar-refractivity contribution is -0.164. The van der Waals surface area contributed by atoms with E-state index in [0.29, 0.717) is 18.6 Å². The number of epoxide rings is 1. The Morgan fingerprint density at radius 1 is 0.719 bits per heavy atom. The van der Waals surface area contributed by atoms with Crippen molar-refractivity contribution in [3.05, 3.63) is 0 Å². The second kappa shape index (κ2) is 17.9. The normalized spacial score (nSPS) is 18.1. The number of carbonyl (C=O) groups excluding carboxylic acids is 3. The van der Waals surface area contributed by atoms with Gasteiger partial charge >= 0.3 is 17.9 Å². The summed E-state index contributed by atoms with van der Waals surface area (Å²) < 4.78 is 20.7. The molecule has 186 valence electrons. The van der Waals surface area contributed by atoms with Crippen LogP contribution in [0.5, 0.6) is 0 Å². The third kappa shape index (κ3) is 16.1. The van der Waals surface area contributed by atoms with Crippen molar-refractivity contribution in [1.29, 1.82) is 0 Å². The Bertz CT molecular complexity index is 534. The maximum Gasteiger partial charge on any atom is 0.305 e. The zero-order valence-corrected chi connectivity index (χ0v) is 20.4. The van der Waals surface area contributed by atoms with E-state index in [2.05, 4.69) is 6.92 Å². The Kier molecular flexibility index (Phi) is 15.9. The zero-order valence-electron chi connectivity index (χ0n) is 20.4. The van der Waals surface area contributed by atoms with E-state index in [-0.39, 0.29) is 19.2 Å². The Morgan fingerprint density at radius 2 is 1.25 bits per heavy atom. The molecule has 3 atom stereocenters. The summed E-state index contributed by atoms with van der Waals surface area (Å²) in [5.41, 5.74) is 0. The van der Waals surface area contributed by atoms with Gasteiger partial charge in [0.25, 0.3) is 0 Å². The fraction of sp³-hybridized carbons (Fsp3) is 0.880. The number of ether oxygens (including phenoxy) is 4. The number of hydrogen-bond acceptors (Lipinski definition) is 7. The van der Waals surface area contributed by atoms with Gasteiger partial charge in [0.2, 0.25) is 0 Å². The van der Waals surface area contributed by atoms with Crippen LogP contribution in [0.25, 0.3) is 0 Å². The van der Waals surface area contributed by atoms with Gasteiger partial charge in [0.05, 0.1) is 12.2 Å². The highest BCUT2D eigenvalue weighted by atomic mass is 16.6. The molecule has 1 aliphatic heterocycles. The van der Waals surface area contributed by atoms with Crippen LogP contribution in [0, 0.1) is 0 Å². The molecule has 7 heteroatoms. The summed E-state index contributed by atoms with van der Waals surface area (Å²) >= 11 is 0. The van der Waals surface area contributed by atoms with Gasteiger partial charge in [0.15, 0.2) is 6.10 Å². The summed E-state index contributed by atoms with van der Waals surface area (Å²) in [6.07, 6.45) is 16.2. The van der Waals surface area contributed by atoms with Gasteiger partial charge in [0.1, 0.15) is 13.2 Å². The molecule has 0 N–H and O–H groups in total. The molecule has 0 saturated carbocycles. The second-order valence-corrected chi connectivity index (χ2v) is 8.79. The lowest BCUT2D eigenvalue weighted by Gasteiger charge is -2.16. The van der Waals surface area contributed by atoms with Crippen LogP contribution in [-0.4, -0.2) is 49.4 Å². The van der Waals surface area contributed by atoms with Crippen molar-refractivity contribution >= 4 is 17.9 Å². The summed E-state index contributed by atoms with van der Waals surface area (Å²) in [7, 11) is 0. The number of hydrogen-bond donors (Lipinski definition) is 0. The smallest absolute Gasteiger partial charge is 0.305 e. The van der Waals surface area contributed by atoms with Gasteiger partial charge in [-0.25, -0.2) is 0 Å². The Balaban J connectivity index is 1.93. The molecular weight excluding hydrogens is 412 g/mol. The second-order valence-electron chi connectivity index (χ2n) is 8.79. The van der Waals surface area contributed by atoms with Crippen LogP contribution >= 0.6 is 0 Å². The van der Waals surface area contributed by atoms with Crippen molar-refractivity contribution in [2.24, 2.45) is 0 Å². The summed E-state index contributed by atoms with van der Waals surface area (Å²) in [4.78, 5) is 33.8. The van der Waals surface area contributed by atoms with Crippen molar-refractivity contribution in [1.82, 2.24) is 0 Å². The first kappa shape index (κ1) is 28.4. The third-order valence-electron chi connectivity index (χ3n) is 5.63. The number of unbranched alkanes of at least 4 members (excludes halogenated alkanes) is 9. The lowest BCUT2D eigenvalue weighted by Crippen LogP contribution is -2.29. The van der Waals surface area contributed by atoms with E-state index in [1.165, 1.54) is 65.2 Å². The molecule has 0 aromatic heterocycles. The first-order chi connectivity index (χ1) is 15.4. The molecule has 1 rings (SSSR count). The van der Waals surface area contributed by atoms with E-state index in [1.807, 2.05) is 0 Å². The van der Waals surface area contributed by atoms with Crippen molar-refractivity contribution in [3.8, 4) is 0 Å². The highest BCUT2D eigenvalue weighted by Gasteiger charge is 2.36. The van der Waals surface area contributed by atoms with E-state index in [1.54, 1.807) is 0 Å². The van der Waals surface area contributed by atoms with Crippen molar-refractivity contribution < 1.29 is 33.3 Å². The molecule has 0 bridgehead atoms. The highest BCUT2D eigenvalue weighted by molar-refractivity contribution is 5.69.